The van der Waals surface area contributed by atoms with E-state index in [-0.39, 0.29) is 6.03 Å². The fraction of sp³-hybridized carbons (Fsp3) is 0.533. The molecule has 116 valence electrons. The number of hydrogen-bond donors (Lipinski definition) is 1. The van der Waals surface area contributed by atoms with Gasteiger partial charge in [-0.3, -0.25) is 0 Å². The molecule has 1 N–H and O–H groups in total. The summed E-state index contributed by atoms with van der Waals surface area (Å²) in [5, 5.41) is 2.85. The molecule has 0 radical (unpaired) electrons. The van der Waals surface area contributed by atoms with Gasteiger partial charge in [-0.2, -0.15) is 0 Å². The molecule has 1 aromatic carbocycles. The van der Waals surface area contributed by atoms with Gasteiger partial charge >= 0.3 is 6.03 Å². The molecule has 1 fully saturated rings. The molecule has 6 nitrogen and oxygen atoms in total. The van der Waals surface area contributed by atoms with E-state index in [2.05, 4.69) is 16.3 Å². The fourth-order valence-corrected chi connectivity index (χ4v) is 2.35. The number of ether oxygens (including phenoxy) is 2. The number of nitrogens with zero attached hydrogens (tertiary/aromatic N) is 2. The van der Waals surface area contributed by atoms with Gasteiger partial charge in [-0.05, 0) is 12.1 Å². The highest BCUT2D eigenvalue weighted by atomic mass is 16.5. The molecule has 2 rings (SSSR count). The van der Waals surface area contributed by atoms with Gasteiger partial charge in [0.2, 0.25) is 0 Å². The molecular formula is C15H23N3O3. The van der Waals surface area contributed by atoms with Crippen LogP contribution in [0.1, 0.15) is 0 Å². The van der Waals surface area contributed by atoms with E-state index >= 15 is 0 Å². The Labute approximate surface area is 125 Å². The molecule has 0 aromatic heterocycles. The first-order valence-corrected chi connectivity index (χ1v) is 7.15. The number of rotatable bonds is 5. The summed E-state index contributed by atoms with van der Waals surface area (Å²) in [7, 11) is 3.29. The maximum atomic E-state index is 11.9. The minimum Gasteiger partial charge on any atom is -0.497 e. The van der Waals surface area contributed by atoms with Crippen LogP contribution in [0.4, 0.5) is 10.5 Å². The zero-order chi connectivity index (χ0) is 15.1. The molecule has 1 heterocycles. The van der Waals surface area contributed by atoms with Crippen molar-refractivity contribution in [1.82, 2.24) is 10.2 Å². The van der Waals surface area contributed by atoms with E-state index in [1.54, 1.807) is 14.2 Å². The van der Waals surface area contributed by atoms with Crippen molar-refractivity contribution in [2.75, 3.05) is 58.5 Å². The highest BCUT2D eigenvalue weighted by Crippen LogP contribution is 2.22. The third-order valence-electron chi connectivity index (χ3n) is 3.57. The van der Waals surface area contributed by atoms with Crippen LogP contribution in [-0.2, 0) is 4.74 Å². The molecule has 0 atom stereocenters. The second-order valence-corrected chi connectivity index (χ2v) is 4.90. The van der Waals surface area contributed by atoms with Crippen molar-refractivity contribution < 1.29 is 14.3 Å². The van der Waals surface area contributed by atoms with Crippen molar-refractivity contribution in [3.8, 4) is 5.75 Å². The Hall–Kier alpha value is -1.95. The number of nitrogens with one attached hydrogen (secondary N) is 1. The van der Waals surface area contributed by atoms with Crippen LogP contribution in [0.5, 0.6) is 5.75 Å². The van der Waals surface area contributed by atoms with Crippen molar-refractivity contribution in [2.45, 2.75) is 0 Å². The van der Waals surface area contributed by atoms with E-state index in [1.807, 2.05) is 23.1 Å². The predicted octanol–water partition coefficient (Wildman–Crippen LogP) is 1.17. The number of anilines is 1. The van der Waals surface area contributed by atoms with Crippen LogP contribution in [0.2, 0.25) is 0 Å². The van der Waals surface area contributed by atoms with Crippen LogP contribution in [0, 0.1) is 0 Å². The lowest BCUT2D eigenvalue weighted by molar-refractivity contribution is 0.177. The number of urea groups is 1. The SMILES string of the molecule is COCCNC(=O)N1CCN(c2cccc(OC)c2)CC1. The first-order chi connectivity index (χ1) is 10.2. The Morgan fingerprint density at radius 2 is 2.00 bits per heavy atom. The molecule has 1 aromatic rings. The molecular weight excluding hydrogens is 270 g/mol. The van der Waals surface area contributed by atoms with E-state index in [0.29, 0.717) is 13.2 Å². The van der Waals surface area contributed by atoms with E-state index < -0.39 is 0 Å². The largest absolute Gasteiger partial charge is 0.497 e. The van der Waals surface area contributed by atoms with E-state index in [9.17, 15) is 4.79 Å². The molecule has 6 heteroatoms. The summed E-state index contributed by atoms with van der Waals surface area (Å²) in [6.45, 7) is 4.17. The zero-order valence-electron chi connectivity index (χ0n) is 12.7. The Morgan fingerprint density at radius 1 is 1.24 bits per heavy atom. The molecule has 0 spiro atoms. The van der Waals surface area contributed by atoms with Crippen molar-refractivity contribution in [1.29, 1.82) is 0 Å². The van der Waals surface area contributed by atoms with Gasteiger partial charge in [-0.25, -0.2) is 4.79 Å². The van der Waals surface area contributed by atoms with Gasteiger partial charge in [0.15, 0.2) is 0 Å². The van der Waals surface area contributed by atoms with Crippen LogP contribution < -0.4 is 15.0 Å². The van der Waals surface area contributed by atoms with Gasteiger partial charge in [0.05, 0.1) is 13.7 Å². The average molecular weight is 293 g/mol. The van der Waals surface area contributed by atoms with Gasteiger partial charge in [0.25, 0.3) is 0 Å². The van der Waals surface area contributed by atoms with Gasteiger partial charge in [-0.15, -0.1) is 0 Å². The van der Waals surface area contributed by atoms with E-state index in [1.165, 1.54) is 0 Å². The summed E-state index contributed by atoms with van der Waals surface area (Å²) >= 11 is 0. The summed E-state index contributed by atoms with van der Waals surface area (Å²) in [6.07, 6.45) is 0. The highest BCUT2D eigenvalue weighted by Gasteiger charge is 2.21. The molecule has 1 saturated heterocycles. The minimum absolute atomic E-state index is 0.0163. The number of carbonyl (C=O) groups excluding carboxylic acids is 1. The molecule has 0 bridgehead atoms. The third-order valence-corrected chi connectivity index (χ3v) is 3.57. The Kier molecular flexibility index (Phi) is 5.68. The monoisotopic (exact) mass is 293 g/mol. The van der Waals surface area contributed by atoms with Gasteiger partial charge in [-0.1, -0.05) is 6.07 Å². The number of amides is 2. The second-order valence-electron chi connectivity index (χ2n) is 4.90. The Balaban J connectivity index is 1.83. The van der Waals surface area contributed by atoms with Crippen LogP contribution in [0.3, 0.4) is 0 Å². The highest BCUT2D eigenvalue weighted by molar-refractivity contribution is 5.74. The second kappa shape index (κ2) is 7.73. The summed E-state index contributed by atoms with van der Waals surface area (Å²) in [6, 6.07) is 7.99. The van der Waals surface area contributed by atoms with E-state index in [0.717, 1.165) is 37.6 Å². The van der Waals surface area contributed by atoms with Gasteiger partial charge < -0.3 is 24.6 Å². The predicted molar refractivity (Wildman–Crippen MR) is 82.1 cm³/mol. The summed E-state index contributed by atoms with van der Waals surface area (Å²) in [5.74, 6) is 0.854. The molecule has 1 aliphatic heterocycles. The Bertz CT molecular complexity index is 459. The number of piperazine rings is 1. The summed E-state index contributed by atoms with van der Waals surface area (Å²) < 4.78 is 10.2. The molecule has 0 saturated carbocycles. The molecule has 0 unspecified atom stereocenters. The lowest BCUT2D eigenvalue weighted by Crippen LogP contribution is -2.52. The summed E-state index contributed by atoms with van der Waals surface area (Å²) in [4.78, 5) is 16.0. The number of hydrogen-bond acceptors (Lipinski definition) is 4. The number of carbonyl (C=O) groups is 1. The molecule has 1 aliphatic rings. The lowest BCUT2D eigenvalue weighted by atomic mass is 10.2. The quantitative estimate of drug-likeness (QED) is 0.828. The molecule has 0 aliphatic carbocycles. The number of benzene rings is 1. The molecule has 21 heavy (non-hydrogen) atoms. The third kappa shape index (κ3) is 4.26. The van der Waals surface area contributed by atoms with Crippen LogP contribution >= 0.6 is 0 Å². The van der Waals surface area contributed by atoms with Crippen LogP contribution in [0.15, 0.2) is 24.3 Å². The van der Waals surface area contributed by atoms with Gasteiger partial charge in [0, 0.05) is 51.6 Å². The standard InChI is InChI=1S/C15H23N3O3/c1-20-11-6-16-15(19)18-9-7-17(8-10-18)13-4-3-5-14(12-13)21-2/h3-5,12H,6-11H2,1-2H3,(H,16,19). The maximum Gasteiger partial charge on any atom is 0.317 e. The fourth-order valence-electron chi connectivity index (χ4n) is 2.35. The van der Waals surface area contributed by atoms with Crippen molar-refractivity contribution in [2.24, 2.45) is 0 Å². The first kappa shape index (κ1) is 15.4. The van der Waals surface area contributed by atoms with Crippen LogP contribution in [0.25, 0.3) is 0 Å². The smallest absolute Gasteiger partial charge is 0.317 e. The normalized spacial score (nSPS) is 15.0. The van der Waals surface area contributed by atoms with Crippen molar-refractivity contribution in [3.05, 3.63) is 24.3 Å². The van der Waals surface area contributed by atoms with Crippen LogP contribution in [-0.4, -0.2) is 64.5 Å². The number of methoxy groups -OCH3 is 2. The maximum absolute atomic E-state index is 11.9. The van der Waals surface area contributed by atoms with Crippen molar-refractivity contribution >= 4 is 11.7 Å². The van der Waals surface area contributed by atoms with Crippen molar-refractivity contribution in [3.63, 3.8) is 0 Å². The van der Waals surface area contributed by atoms with Gasteiger partial charge in [0.1, 0.15) is 5.75 Å². The summed E-state index contributed by atoms with van der Waals surface area (Å²) in [5.41, 5.74) is 1.13. The van der Waals surface area contributed by atoms with E-state index in [4.69, 9.17) is 9.47 Å². The molecule has 2 amide bonds. The zero-order valence-corrected chi connectivity index (χ0v) is 12.7. The topological polar surface area (TPSA) is 54.0 Å². The minimum atomic E-state index is -0.0163. The first-order valence-electron chi connectivity index (χ1n) is 7.15. The lowest BCUT2D eigenvalue weighted by Gasteiger charge is -2.36. The Morgan fingerprint density at radius 3 is 2.67 bits per heavy atom. The average Bonchev–Trinajstić information content (AvgIpc) is 2.55.